The summed E-state index contributed by atoms with van der Waals surface area (Å²) in [5, 5.41) is 7.89. The molecule has 3 N–H and O–H groups in total. The molecule has 2 unspecified atom stereocenters. The first kappa shape index (κ1) is 28.4. The van der Waals surface area contributed by atoms with E-state index in [0.717, 1.165) is 28.7 Å². The largest absolute Gasteiger partial charge is 0.325 e. The molecule has 2 aliphatic rings. The lowest BCUT2D eigenvalue weighted by atomic mass is 9.83. The summed E-state index contributed by atoms with van der Waals surface area (Å²) >= 11 is 8.09. The van der Waals surface area contributed by atoms with Crippen LogP contribution in [-0.2, 0) is 31.0 Å². The first-order chi connectivity index (χ1) is 20.0. The van der Waals surface area contributed by atoms with Crippen molar-refractivity contribution in [1.82, 2.24) is 4.57 Å². The Bertz CT molecular complexity index is 1890. The van der Waals surface area contributed by atoms with Gasteiger partial charge in [-0.15, -0.1) is 0 Å². The van der Waals surface area contributed by atoms with Gasteiger partial charge in [-0.25, -0.2) is 18.5 Å². The smallest absolute Gasteiger partial charge is 0.308 e. The Kier molecular flexibility index (Phi) is 7.31. The van der Waals surface area contributed by atoms with Crippen molar-refractivity contribution in [3.63, 3.8) is 0 Å². The van der Waals surface area contributed by atoms with Crippen LogP contribution in [-0.4, -0.2) is 36.0 Å². The molecule has 3 aromatic carbocycles. The first-order valence-electron chi connectivity index (χ1n) is 12.5. The molecular formula is C28H21ClN4O6S3. The number of thioether (sulfide) groups is 1. The van der Waals surface area contributed by atoms with Gasteiger partial charge in [0.2, 0.25) is 27.7 Å². The fourth-order valence-corrected chi connectivity index (χ4v) is 8.61. The summed E-state index contributed by atoms with van der Waals surface area (Å²) in [4.78, 5) is 55.1. The Labute approximate surface area is 253 Å². The van der Waals surface area contributed by atoms with E-state index in [9.17, 15) is 27.6 Å². The Balaban J connectivity index is 1.35. The highest BCUT2D eigenvalue weighted by atomic mass is 35.5. The van der Waals surface area contributed by atoms with Crippen molar-refractivity contribution in [2.75, 3.05) is 10.2 Å². The van der Waals surface area contributed by atoms with Gasteiger partial charge in [-0.05, 0) is 54.1 Å². The van der Waals surface area contributed by atoms with E-state index < -0.39 is 43.8 Å². The summed E-state index contributed by atoms with van der Waals surface area (Å²) in [6, 6.07) is 21.0. The van der Waals surface area contributed by atoms with Crippen LogP contribution in [0.3, 0.4) is 0 Å². The molecule has 3 amide bonds. The predicted molar refractivity (Wildman–Crippen MR) is 160 cm³/mol. The maximum atomic E-state index is 13.9. The maximum absolute atomic E-state index is 13.9. The quantitative estimate of drug-likeness (QED) is 0.306. The highest BCUT2D eigenvalue weighted by Gasteiger charge is 2.56. The Hall–Kier alpha value is -3.75. The molecule has 2 aliphatic heterocycles. The molecule has 1 aromatic heterocycles. The van der Waals surface area contributed by atoms with Gasteiger partial charge in [-0.1, -0.05) is 65.0 Å². The highest BCUT2D eigenvalue weighted by molar-refractivity contribution is 8.00. The van der Waals surface area contributed by atoms with E-state index in [-0.39, 0.29) is 17.3 Å². The van der Waals surface area contributed by atoms with Crippen molar-refractivity contribution in [3.8, 4) is 0 Å². The summed E-state index contributed by atoms with van der Waals surface area (Å²) < 4.78 is 24.3. The average Bonchev–Trinajstić information content (AvgIpc) is 3.40. The van der Waals surface area contributed by atoms with Crippen molar-refractivity contribution < 1.29 is 22.8 Å². The molecule has 1 saturated heterocycles. The van der Waals surface area contributed by atoms with Gasteiger partial charge in [0.15, 0.2) is 0 Å². The number of amides is 3. The summed E-state index contributed by atoms with van der Waals surface area (Å²) in [7, 11) is -3.89. The van der Waals surface area contributed by atoms with Crippen LogP contribution in [0.15, 0.2) is 93.6 Å². The molecule has 0 radical (unpaired) electrons. The van der Waals surface area contributed by atoms with E-state index in [4.69, 9.17) is 16.7 Å². The summed E-state index contributed by atoms with van der Waals surface area (Å²) in [5.41, 5.74) is 1.50. The number of benzene rings is 3. The minimum atomic E-state index is -3.89. The highest BCUT2D eigenvalue weighted by Crippen LogP contribution is 2.53. The van der Waals surface area contributed by atoms with Gasteiger partial charge in [0.05, 0.1) is 21.5 Å². The molecular weight excluding hydrogens is 620 g/mol. The number of nitrogens with one attached hydrogen (secondary N) is 1. The van der Waals surface area contributed by atoms with Crippen LogP contribution in [0, 0.1) is 5.92 Å². The number of halogens is 1. The van der Waals surface area contributed by atoms with Crippen LogP contribution in [0.2, 0.25) is 5.02 Å². The number of hydrogen-bond acceptors (Lipinski definition) is 8. The summed E-state index contributed by atoms with van der Waals surface area (Å²) in [6.45, 7) is -0.351. The lowest BCUT2D eigenvalue weighted by Gasteiger charge is -2.30. The van der Waals surface area contributed by atoms with Crippen LogP contribution in [0.25, 0.3) is 0 Å². The van der Waals surface area contributed by atoms with Gasteiger partial charge in [0, 0.05) is 21.5 Å². The summed E-state index contributed by atoms with van der Waals surface area (Å²) in [6.07, 6.45) is 0. The molecule has 0 saturated carbocycles. The molecule has 14 heteroatoms. The number of imide groups is 1. The number of nitrogens with zero attached hydrogens (tertiary/aromatic N) is 2. The number of nitrogens with two attached hydrogens (primary N) is 1. The molecule has 10 nitrogen and oxygen atoms in total. The van der Waals surface area contributed by atoms with Crippen molar-refractivity contribution in [2.24, 2.45) is 11.1 Å². The molecule has 0 aliphatic carbocycles. The normalized spacial score (nSPS) is 19.9. The molecule has 3 atom stereocenters. The third-order valence-corrected chi connectivity index (χ3v) is 10.8. The van der Waals surface area contributed by atoms with E-state index >= 15 is 0 Å². The minimum absolute atomic E-state index is 0.107. The zero-order chi connectivity index (χ0) is 29.8. The molecule has 214 valence electrons. The Morgan fingerprint density at radius 1 is 0.929 bits per heavy atom. The average molecular weight is 641 g/mol. The number of anilines is 2. The van der Waals surface area contributed by atoms with Gasteiger partial charge in [0.25, 0.3) is 0 Å². The number of aromatic nitrogens is 1. The lowest BCUT2D eigenvalue weighted by Crippen LogP contribution is -2.33. The maximum Gasteiger partial charge on any atom is 0.308 e. The zero-order valence-corrected chi connectivity index (χ0v) is 24.7. The number of primary sulfonamides is 1. The second-order valence-corrected chi connectivity index (χ2v) is 13.8. The molecule has 6 rings (SSSR count). The van der Waals surface area contributed by atoms with Crippen molar-refractivity contribution >= 4 is 73.8 Å². The van der Waals surface area contributed by atoms with Crippen molar-refractivity contribution in [1.29, 1.82) is 0 Å². The third kappa shape index (κ3) is 5.07. The van der Waals surface area contributed by atoms with Gasteiger partial charge in [0.1, 0.15) is 11.8 Å². The molecule has 42 heavy (non-hydrogen) atoms. The molecule has 4 aromatic rings. The summed E-state index contributed by atoms with van der Waals surface area (Å²) in [5.74, 6) is -2.64. The number of rotatable bonds is 6. The van der Waals surface area contributed by atoms with Crippen LogP contribution in [0.5, 0.6) is 0 Å². The lowest BCUT2D eigenvalue weighted by molar-refractivity contribution is -0.122. The second-order valence-electron chi connectivity index (χ2n) is 9.68. The van der Waals surface area contributed by atoms with E-state index in [1.54, 1.807) is 24.3 Å². The van der Waals surface area contributed by atoms with Gasteiger partial charge in [-0.3, -0.25) is 23.7 Å². The van der Waals surface area contributed by atoms with E-state index in [1.165, 1.54) is 33.7 Å². The van der Waals surface area contributed by atoms with Gasteiger partial charge in [-0.2, -0.15) is 0 Å². The number of fused-ring (bicyclic) bond motifs is 2. The number of sulfonamides is 1. The van der Waals surface area contributed by atoms with Crippen LogP contribution in [0.4, 0.5) is 11.4 Å². The third-order valence-electron chi connectivity index (χ3n) is 7.06. The molecule has 1 fully saturated rings. The van der Waals surface area contributed by atoms with Crippen molar-refractivity contribution in [3.05, 3.63) is 104 Å². The standard InChI is InChI=1S/C28H21ClN4O6S3/c29-16-6-10-18(11-7-16)33-25(35)22-21(15-4-2-1-3-5-15)24-27(40-23(22)26(33)36)32(28(37)41-24)14-20(34)31-17-8-12-19(13-9-17)42(30,38)39/h1-13,21-23H,14H2,(H,31,34)(H2,30,38,39)/t21-,22?,23?/m0/s1. The van der Waals surface area contributed by atoms with Crippen LogP contribution < -0.4 is 20.2 Å². The minimum Gasteiger partial charge on any atom is -0.325 e. The van der Waals surface area contributed by atoms with Gasteiger partial charge < -0.3 is 5.32 Å². The van der Waals surface area contributed by atoms with Crippen LogP contribution >= 0.6 is 34.7 Å². The van der Waals surface area contributed by atoms with Crippen molar-refractivity contribution in [2.45, 2.75) is 27.6 Å². The fourth-order valence-electron chi connectivity index (χ4n) is 5.19. The molecule has 3 heterocycles. The Morgan fingerprint density at radius 3 is 2.24 bits per heavy atom. The van der Waals surface area contributed by atoms with E-state index in [2.05, 4.69) is 5.32 Å². The zero-order valence-electron chi connectivity index (χ0n) is 21.5. The predicted octanol–water partition coefficient (Wildman–Crippen LogP) is 3.65. The number of hydrogen-bond donors (Lipinski definition) is 2. The molecule has 0 bridgehead atoms. The molecule has 0 spiro atoms. The number of thiazole rings is 1. The number of carbonyl (C=O) groups excluding carboxylic acids is 3. The van der Waals surface area contributed by atoms with E-state index in [0.29, 0.717) is 26.3 Å². The topological polar surface area (TPSA) is 149 Å². The van der Waals surface area contributed by atoms with Gasteiger partial charge >= 0.3 is 4.87 Å². The number of carbonyl (C=O) groups is 3. The monoisotopic (exact) mass is 640 g/mol. The first-order valence-corrected chi connectivity index (χ1v) is 16.2. The Morgan fingerprint density at radius 2 is 1.60 bits per heavy atom. The SMILES string of the molecule is NS(=O)(=O)c1ccc(NC(=O)Cn2c3c(sc2=O)[C@@H](c2ccccc2)C2C(=O)N(c4ccc(Cl)cc4)C(=O)C2S3)cc1. The van der Waals surface area contributed by atoms with Crippen LogP contribution in [0.1, 0.15) is 16.4 Å². The van der Waals surface area contributed by atoms with E-state index in [1.807, 2.05) is 30.3 Å². The second kappa shape index (κ2) is 10.8. The fraction of sp³-hybridized carbons (Fsp3) is 0.143.